The molecule has 0 bridgehead atoms. The van der Waals surface area contributed by atoms with Gasteiger partial charge in [0.15, 0.2) is 0 Å². The lowest BCUT2D eigenvalue weighted by atomic mass is 10.2. The average molecular weight is 257 g/mol. The standard InChI is InChI=1S/C16H23N3/c1-12(2)9-10-19-16-8-6-5-7-14(16)15(18-19)11-17-13(3)4/h5-8,13,17H,1,9-11H2,2-4H3. The molecule has 0 amide bonds. The van der Waals surface area contributed by atoms with Crippen LogP contribution in [0.2, 0.25) is 0 Å². The summed E-state index contributed by atoms with van der Waals surface area (Å²) >= 11 is 0. The van der Waals surface area contributed by atoms with Crippen molar-refractivity contribution in [2.24, 2.45) is 0 Å². The van der Waals surface area contributed by atoms with Gasteiger partial charge in [-0.05, 0) is 19.4 Å². The summed E-state index contributed by atoms with van der Waals surface area (Å²) in [5.74, 6) is 0. The summed E-state index contributed by atoms with van der Waals surface area (Å²) in [6.45, 7) is 12.0. The summed E-state index contributed by atoms with van der Waals surface area (Å²) < 4.78 is 2.10. The van der Waals surface area contributed by atoms with E-state index in [1.807, 2.05) is 0 Å². The number of aromatic nitrogens is 2. The zero-order valence-corrected chi connectivity index (χ0v) is 12.1. The van der Waals surface area contributed by atoms with Crippen molar-refractivity contribution in [3.8, 4) is 0 Å². The molecule has 3 nitrogen and oxygen atoms in total. The van der Waals surface area contributed by atoms with E-state index in [2.05, 4.69) is 61.6 Å². The fourth-order valence-electron chi connectivity index (χ4n) is 2.09. The van der Waals surface area contributed by atoms with Gasteiger partial charge in [0.1, 0.15) is 0 Å². The summed E-state index contributed by atoms with van der Waals surface area (Å²) in [7, 11) is 0. The van der Waals surface area contributed by atoms with Crippen LogP contribution in [-0.2, 0) is 13.1 Å². The van der Waals surface area contributed by atoms with E-state index in [-0.39, 0.29) is 0 Å². The van der Waals surface area contributed by atoms with E-state index in [1.54, 1.807) is 0 Å². The van der Waals surface area contributed by atoms with Gasteiger partial charge in [-0.3, -0.25) is 4.68 Å². The van der Waals surface area contributed by atoms with Crippen LogP contribution < -0.4 is 5.32 Å². The Bertz CT molecular complexity index is 566. The number of hydrogen-bond acceptors (Lipinski definition) is 2. The maximum Gasteiger partial charge on any atom is 0.0841 e. The maximum absolute atomic E-state index is 4.75. The van der Waals surface area contributed by atoms with E-state index in [1.165, 1.54) is 16.5 Å². The number of nitrogens with zero attached hydrogens (tertiary/aromatic N) is 2. The van der Waals surface area contributed by atoms with Gasteiger partial charge < -0.3 is 5.32 Å². The third kappa shape index (κ3) is 3.44. The third-order valence-electron chi connectivity index (χ3n) is 3.16. The van der Waals surface area contributed by atoms with Gasteiger partial charge in [0.2, 0.25) is 0 Å². The zero-order valence-electron chi connectivity index (χ0n) is 12.1. The smallest absolute Gasteiger partial charge is 0.0841 e. The molecule has 0 aliphatic carbocycles. The number of fused-ring (bicyclic) bond motifs is 1. The summed E-state index contributed by atoms with van der Waals surface area (Å²) in [4.78, 5) is 0. The molecule has 0 radical (unpaired) electrons. The second-order valence-electron chi connectivity index (χ2n) is 5.43. The lowest BCUT2D eigenvalue weighted by Crippen LogP contribution is -2.22. The van der Waals surface area contributed by atoms with E-state index in [0.29, 0.717) is 6.04 Å². The quantitative estimate of drug-likeness (QED) is 0.803. The number of nitrogens with one attached hydrogen (secondary N) is 1. The lowest BCUT2D eigenvalue weighted by molar-refractivity contribution is 0.564. The van der Waals surface area contributed by atoms with Crippen molar-refractivity contribution in [2.45, 2.75) is 46.3 Å². The van der Waals surface area contributed by atoms with Crippen LogP contribution in [0.4, 0.5) is 0 Å². The van der Waals surface area contributed by atoms with Crippen LogP contribution >= 0.6 is 0 Å². The highest BCUT2D eigenvalue weighted by molar-refractivity contribution is 5.81. The van der Waals surface area contributed by atoms with Crippen LogP contribution in [0.15, 0.2) is 36.4 Å². The van der Waals surface area contributed by atoms with Gasteiger partial charge in [-0.15, -0.1) is 6.58 Å². The van der Waals surface area contributed by atoms with Crippen molar-refractivity contribution < 1.29 is 0 Å². The van der Waals surface area contributed by atoms with Crippen molar-refractivity contribution in [3.05, 3.63) is 42.1 Å². The van der Waals surface area contributed by atoms with E-state index >= 15 is 0 Å². The van der Waals surface area contributed by atoms with Crippen LogP contribution in [0.1, 0.15) is 32.9 Å². The SMILES string of the molecule is C=C(C)CCn1nc(CNC(C)C)c2ccccc21. The van der Waals surface area contributed by atoms with Crippen molar-refractivity contribution >= 4 is 10.9 Å². The van der Waals surface area contributed by atoms with Gasteiger partial charge in [0.05, 0.1) is 11.2 Å². The number of para-hydroxylation sites is 1. The first-order valence-electron chi connectivity index (χ1n) is 6.90. The van der Waals surface area contributed by atoms with E-state index in [4.69, 9.17) is 5.10 Å². The number of allylic oxidation sites excluding steroid dienone is 1. The number of benzene rings is 1. The second kappa shape index (κ2) is 6.02. The molecule has 1 heterocycles. The number of aryl methyl sites for hydroxylation is 1. The molecule has 2 aromatic rings. The minimum Gasteiger partial charge on any atom is -0.309 e. The van der Waals surface area contributed by atoms with Gasteiger partial charge >= 0.3 is 0 Å². The fraction of sp³-hybridized carbons (Fsp3) is 0.438. The molecule has 0 spiro atoms. The van der Waals surface area contributed by atoms with Crippen LogP contribution in [0.3, 0.4) is 0 Å². The molecule has 0 saturated heterocycles. The van der Waals surface area contributed by atoms with Crippen molar-refractivity contribution in [3.63, 3.8) is 0 Å². The largest absolute Gasteiger partial charge is 0.309 e. The Morgan fingerprint density at radius 3 is 2.79 bits per heavy atom. The molecule has 0 atom stereocenters. The molecule has 19 heavy (non-hydrogen) atoms. The molecule has 102 valence electrons. The van der Waals surface area contributed by atoms with E-state index in [9.17, 15) is 0 Å². The van der Waals surface area contributed by atoms with Gasteiger partial charge in [-0.2, -0.15) is 5.10 Å². The highest BCUT2D eigenvalue weighted by Crippen LogP contribution is 2.19. The van der Waals surface area contributed by atoms with Crippen molar-refractivity contribution in [2.75, 3.05) is 0 Å². The normalized spacial score (nSPS) is 11.4. The average Bonchev–Trinajstić information content (AvgIpc) is 2.72. The van der Waals surface area contributed by atoms with E-state index < -0.39 is 0 Å². The molecule has 1 aromatic heterocycles. The highest BCUT2D eigenvalue weighted by atomic mass is 15.3. The molecule has 2 rings (SSSR count). The molecular formula is C16H23N3. The number of rotatable bonds is 6. The lowest BCUT2D eigenvalue weighted by Gasteiger charge is -2.05. The monoisotopic (exact) mass is 257 g/mol. The molecular weight excluding hydrogens is 234 g/mol. The van der Waals surface area contributed by atoms with Gasteiger partial charge in [-0.1, -0.05) is 37.6 Å². The topological polar surface area (TPSA) is 29.9 Å². The molecule has 0 fully saturated rings. The Labute approximate surface area is 115 Å². The predicted molar refractivity (Wildman–Crippen MR) is 81.1 cm³/mol. The van der Waals surface area contributed by atoms with Crippen molar-refractivity contribution in [1.82, 2.24) is 15.1 Å². The molecule has 0 aliphatic rings. The summed E-state index contributed by atoms with van der Waals surface area (Å²) in [6.07, 6.45) is 0.975. The Hall–Kier alpha value is -1.61. The van der Waals surface area contributed by atoms with Crippen LogP contribution in [0.25, 0.3) is 10.9 Å². The first kappa shape index (κ1) is 13.8. The summed E-state index contributed by atoms with van der Waals surface area (Å²) in [6, 6.07) is 8.91. The van der Waals surface area contributed by atoms with Gasteiger partial charge in [-0.25, -0.2) is 0 Å². The van der Waals surface area contributed by atoms with Gasteiger partial charge in [0.25, 0.3) is 0 Å². The second-order valence-corrected chi connectivity index (χ2v) is 5.43. The Kier molecular flexibility index (Phi) is 4.38. The molecule has 0 aliphatic heterocycles. The molecule has 0 unspecified atom stereocenters. The minimum absolute atomic E-state index is 0.472. The van der Waals surface area contributed by atoms with Crippen LogP contribution in [0.5, 0.6) is 0 Å². The van der Waals surface area contributed by atoms with Gasteiger partial charge in [0, 0.05) is 24.5 Å². The van der Waals surface area contributed by atoms with Crippen LogP contribution in [0, 0.1) is 0 Å². The minimum atomic E-state index is 0.472. The third-order valence-corrected chi connectivity index (χ3v) is 3.16. The Balaban J connectivity index is 2.28. The Morgan fingerprint density at radius 2 is 2.11 bits per heavy atom. The first-order chi connectivity index (χ1) is 9.08. The molecule has 3 heteroatoms. The van der Waals surface area contributed by atoms with Crippen molar-refractivity contribution in [1.29, 1.82) is 0 Å². The zero-order chi connectivity index (χ0) is 13.8. The highest BCUT2D eigenvalue weighted by Gasteiger charge is 2.09. The first-order valence-corrected chi connectivity index (χ1v) is 6.90. The van der Waals surface area contributed by atoms with Crippen LogP contribution in [-0.4, -0.2) is 15.8 Å². The summed E-state index contributed by atoms with van der Waals surface area (Å²) in [5, 5.41) is 9.43. The predicted octanol–water partition coefficient (Wildman–Crippen LogP) is 3.50. The molecule has 1 N–H and O–H groups in total. The fourth-order valence-corrected chi connectivity index (χ4v) is 2.09. The number of hydrogen-bond donors (Lipinski definition) is 1. The molecule has 0 saturated carbocycles. The molecule has 1 aromatic carbocycles. The summed E-state index contributed by atoms with van der Waals surface area (Å²) in [5.41, 5.74) is 3.54. The Morgan fingerprint density at radius 1 is 1.37 bits per heavy atom. The van der Waals surface area contributed by atoms with E-state index in [0.717, 1.165) is 25.2 Å². The maximum atomic E-state index is 4.75.